The summed E-state index contributed by atoms with van der Waals surface area (Å²) in [5.74, 6) is 0.744. The number of halogens is 1. The van der Waals surface area contributed by atoms with Crippen molar-refractivity contribution in [3.05, 3.63) is 29.8 Å². The summed E-state index contributed by atoms with van der Waals surface area (Å²) in [7, 11) is 0. The Morgan fingerprint density at radius 2 is 2.28 bits per heavy atom. The lowest BCUT2D eigenvalue weighted by Gasteiger charge is -2.17. The maximum Gasteiger partial charge on any atom is 0.151 e. The van der Waals surface area contributed by atoms with E-state index in [2.05, 4.69) is 28.7 Å². The standard InChI is InChI=1S/C14H18FN3/c1-9(2)18-12-7-3-5-10(15)13(12)17-14(18)11-6-4-8-16-11/h3,5,7,9,11,16H,4,6,8H2,1-2H3. The van der Waals surface area contributed by atoms with Crippen LogP contribution in [0.4, 0.5) is 4.39 Å². The van der Waals surface area contributed by atoms with Gasteiger partial charge in [0.25, 0.3) is 0 Å². The normalized spacial score (nSPS) is 20.1. The third kappa shape index (κ3) is 1.72. The Kier molecular flexibility index (Phi) is 2.82. The third-order valence-electron chi connectivity index (χ3n) is 3.59. The monoisotopic (exact) mass is 247 g/mol. The number of para-hydroxylation sites is 1. The molecule has 18 heavy (non-hydrogen) atoms. The van der Waals surface area contributed by atoms with E-state index < -0.39 is 0 Å². The van der Waals surface area contributed by atoms with Crippen LogP contribution in [-0.2, 0) is 0 Å². The van der Waals surface area contributed by atoms with Crippen LogP contribution in [0.3, 0.4) is 0 Å². The van der Waals surface area contributed by atoms with Crippen LogP contribution in [0, 0.1) is 5.82 Å². The summed E-state index contributed by atoms with van der Waals surface area (Å²) in [6, 6.07) is 5.73. The van der Waals surface area contributed by atoms with E-state index in [-0.39, 0.29) is 17.9 Å². The summed E-state index contributed by atoms with van der Waals surface area (Å²) in [6.07, 6.45) is 2.24. The molecule has 96 valence electrons. The van der Waals surface area contributed by atoms with Gasteiger partial charge in [0.15, 0.2) is 5.82 Å². The van der Waals surface area contributed by atoms with Crippen LogP contribution in [-0.4, -0.2) is 16.1 Å². The van der Waals surface area contributed by atoms with E-state index in [4.69, 9.17) is 0 Å². The number of hydrogen-bond donors (Lipinski definition) is 1. The van der Waals surface area contributed by atoms with Crippen molar-refractivity contribution in [2.45, 2.75) is 38.8 Å². The summed E-state index contributed by atoms with van der Waals surface area (Å²) in [4.78, 5) is 4.54. The molecule has 1 saturated heterocycles. The highest BCUT2D eigenvalue weighted by atomic mass is 19.1. The maximum atomic E-state index is 13.8. The Balaban J connectivity index is 2.23. The molecule has 0 aliphatic carbocycles. The van der Waals surface area contributed by atoms with Crippen LogP contribution in [0.15, 0.2) is 18.2 Å². The number of hydrogen-bond acceptors (Lipinski definition) is 2. The van der Waals surface area contributed by atoms with Crippen molar-refractivity contribution in [1.82, 2.24) is 14.9 Å². The van der Waals surface area contributed by atoms with Crippen molar-refractivity contribution in [3.63, 3.8) is 0 Å². The predicted octanol–water partition coefficient (Wildman–Crippen LogP) is 3.18. The van der Waals surface area contributed by atoms with Gasteiger partial charge in [-0.1, -0.05) is 6.07 Å². The van der Waals surface area contributed by atoms with Crippen molar-refractivity contribution >= 4 is 11.0 Å². The second-order valence-electron chi connectivity index (χ2n) is 5.19. The number of nitrogens with zero attached hydrogens (tertiary/aromatic N) is 2. The number of fused-ring (bicyclic) bond motifs is 1. The molecule has 2 aromatic rings. The molecule has 1 aromatic carbocycles. The van der Waals surface area contributed by atoms with Crippen LogP contribution in [0.5, 0.6) is 0 Å². The van der Waals surface area contributed by atoms with Crippen molar-refractivity contribution < 1.29 is 4.39 Å². The highest BCUT2D eigenvalue weighted by Gasteiger charge is 2.25. The van der Waals surface area contributed by atoms with E-state index in [0.29, 0.717) is 5.52 Å². The van der Waals surface area contributed by atoms with Crippen LogP contribution in [0.2, 0.25) is 0 Å². The minimum atomic E-state index is -0.230. The number of imidazole rings is 1. The fraction of sp³-hybridized carbons (Fsp3) is 0.500. The minimum absolute atomic E-state index is 0.230. The lowest BCUT2D eigenvalue weighted by Crippen LogP contribution is -2.19. The molecule has 1 aromatic heterocycles. The van der Waals surface area contributed by atoms with Gasteiger partial charge < -0.3 is 9.88 Å². The third-order valence-corrected chi connectivity index (χ3v) is 3.59. The van der Waals surface area contributed by atoms with E-state index in [0.717, 1.165) is 30.7 Å². The van der Waals surface area contributed by atoms with E-state index in [9.17, 15) is 4.39 Å². The Bertz CT molecular complexity index is 568. The topological polar surface area (TPSA) is 29.9 Å². The molecule has 1 atom stereocenters. The fourth-order valence-corrected chi connectivity index (χ4v) is 2.79. The lowest BCUT2D eigenvalue weighted by atomic mass is 10.2. The van der Waals surface area contributed by atoms with Crippen molar-refractivity contribution in [2.75, 3.05) is 6.54 Å². The SMILES string of the molecule is CC(C)n1c(C2CCCN2)nc2c(F)cccc21. The molecule has 1 fully saturated rings. The molecule has 0 spiro atoms. The van der Waals surface area contributed by atoms with Crippen LogP contribution >= 0.6 is 0 Å². The second kappa shape index (κ2) is 4.35. The summed E-state index contributed by atoms with van der Waals surface area (Å²) < 4.78 is 16.0. The molecule has 0 saturated carbocycles. The van der Waals surface area contributed by atoms with Gasteiger partial charge in [-0.15, -0.1) is 0 Å². The fourth-order valence-electron chi connectivity index (χ4n) is 2.79. The first-order valence-corrected chi connectivity index (χ1v) is 6.58. The average Bonchev–Trinajstić information content (AvgIpc) is 2.95. The maximum absolute atomic E-state index is 13.8. The molecule has 1 N–H and O–H groups in total. The van der Waals surface area contributed by atoms with Gasteiger partial charge in [0.05, 0.1) is 11.6 Å². The summed E-state index contributed by atoms with van der Waals surface area (Å²) in [6.45, 7) is 5.25. The first-order valence-electron chi connectivity index (χ1n) is 6.58. The van der Waals surface area contributed by atoms with Gasteiger partial charge in [-0.05, 0) is 45.4 Å². The smallest absolute Gasteiger partial charge is 0.151 e. The molecular weight excluding hydrogens is 229 g/mol. The summed E-state index contributed by atoms with van der Waals surface area (Å²) in [5, 5.41) is 3.44. The Hall–Kier alpha value is -1.42. The number of benzene rings is 1. The van der Waals surface area contributed by atoms with Crippen LogP contribution < -0.4 is 5.32 Å². The van der Waals surface area contributed by atoms with Crippen LogP contribution in [0.25, 0.3) is 11.0 Å². The molecule has 1 aliphatic rings. The largest absolute Gasteiger partial charge is 0.324 e. The van der Waals surface area contributed by atoms with Gasteiger partial charge in [0, 0.05) is 6.04 Å². The Labute approximate surface area is 106 Å². The lowest BCUT2D eigenvalue weighted by molar-refractivity contribution is 0.517. The van der Waals surface area contributed by atoms with Crippen molar-refractivity contribution in [3.8, 4) is 0 Å². The second-order valence-corrected chi connectivity index (χ2v) is 5.19. The molecule has 4 heteroatoms. The Morgan fingerprint density at radius 3 is 2.94 bits per heavy atom. The highest BCUT2D eigenvalue weighted by Crippen LogP contribution is 2.30. The van der Waals surface area contributed by atoms with Gasteiger partial charge in [-0.2, -0.15) is 0 Å². The van der Waals surface area contributed by atoms with Gasteiger partial charge in [-0.25, -0.2) is 9.37 Å². The molecule has 1 unspecified atom stereocenters. The minimum Gasteiger partial charge on any atom is -0.324 e. The molecule has 0 radical (unpaired) electrons. The predicted molar refractivity (Wildman–Crippen MR) is 70.1 cm³/mol. The highest BCUT2D eigenvalue weighted by molar-refractivity contribution is 5.77. The van der Waals surface area contributed by atoms with E-state index in [1.54, 1.807) is 6.07 Å². The van der Waals surface area contributed by atoms with Gasteiger partial charge in [0.1, 0.15) is 11.3 Å². The number of nitrogens with one attached hydrogen (secondary N) is 1. The molecule has 0 amide bonds. The zero-order chi connectivity index (χ0) is 12.7. The van der Waals surface area contributed by atoms with E-state index in [1.165, 1.54) is 6.07 Å². The van der Waals surface area contributed by atoms with Crippen LogP contribution in [0.1, 0.15) is 44.6 Å². The quantitative estimate of drug-likeness (QED) is 0.883. The summed E-state index contributed by atoms with van der Waals surface area (Å²) >= 11 is 0. The molecular formula is C14H18FN3. The molecule has 0 bridgehead atoms. The average molecular weight is 247 g/mol. The zero-order valence-corrected chi connectivity index (χ0v) is 10.8. The van der Waals surface area contributed by atoms with Gasteiger partial charge in [-0.3, -0.25) is 0 Å². The molecule has 3 nitrogen and oxygen atoms in total. The van der Waals surface area contributed by atoms with Crippen molar-refractivity contribution in [2.24, 2.45) is 0 Å². The molecule has 3 rings (SSSR count). The zero-order valence-electron chi connectivity index (χ0n) is 10.8. The number of rotatable bonds is 2. The number of aromatic nitrogens is 2. The van der Waals surface area contributed by atoms with E-state index in [1.807, 2.05) is 6.07 Å². The first kappa shape index (κ1) is 11.7. The Morgan fingerprint density at radius 1 is 1.44 bits per heavy atom. The summed E-state index contributed by atoms with van der Waals surface area (Å²) in [5.41, 5.74) is 1.39. The van der Waals surface area contributed by atoms with Gasteiger partial charge >= 0.3 is 0 Å². The van der Waals surface area contributed by atoms with E-state index >= 15 is 0 Å². The molecule has 1 aliphatic heterocycles. The van der Waals surface area contributed by atoms with Crippen molar-refractivity contribution in [1.29, 1.82) is 0 Å². The molecule has 2 heterocycles. The first-order chi connectivity index (χ1) is 8.68. The van der Waals surface area contributed by atoms with Gasteiger partial charge in [0.2, 0.25) is 0 Å².